The second-order valence-electron chi connectivity index (χ2n) is 4.19. The van der Waals surface area contributed by atoms with Crippen LogP contribution in [-0.4, -0.2) is 4.92 Å². The van der Waals surface area contributed by atoms with E-state index < -0.39 is 4.92 Å². The second-order valence-corrected chi connectivity index (χ2v) is 5.04. The van der Waals surface area contributed by atoms with Gasteiger partial charge in [-0.05, 0) is 47.1 Å². The number of anilines is 2. The largest absolute Gasteiger partial charge is 0.355 e. The number of hydrogen-bond donors (Lipinski definition) is 1. The molecule has 0 aliphatic heterocycles. The van der Waals surface area contributed by atoms with Crippen LogP contribution in [0.2, 0.25) is 0 Å². The number of benzene rings is 2. The third-order valence-corrected chi connectivity index (χ3v) is 3.44. The fourth-order valence-electron chi connectivity index (χ4n) is 1.73. The SMILES string of the molecule is Cc1ccc(Nc2ccc(C#N)c(Br)c2)cc1[N+](=O)[O-]. The van der Waals surface area contributed by atoms with Crippen LogP contribution < -0.4 is 5.32 Å². The highest BCUT2D eigenvalue weighted by molar-refractivity contribution is 9.10. The Morgan fingerprint density at radius 3 is 2.50 bits per heavy atom. The summed E-state index contributed by atoms with van der Waals surface area (Å²) in [7, 11) is 0. The fourth-order valence-corrected chi connectivity index (χ4v) is 2.20. The van der Waals surface area contributed by atoms with E-state index in [-0.39, 0.29) is 5.69 Å². The van der Waals surface area contributed by atoms with E-state index in [4.69, 9.17) is 5.26 Å². The minimum absolute atomic E-state index is 0.0720. The number of nitrogens with one attached hydrogen (secondary N) is 1. The average molecular weight is 332 g/mol. The second kappa shape index (κ2) is 5.72. The van der Waals surface area contributed by atoms with Crippen molar-refractivity contribution in [1.82, 2.24) is 0 Å². The van der Waals surface area contributed by atoms with Crippen molar-refractivity contribution in [1.29, 1.82) is 5.26 Å². The minimum Gasteiger partial charge on any atom is -0.355 e. The molecule has 100 valence electrons. The quantitative estimate of drug-likeness (QED) is 0.672. The maximum absolute atomic E-state index is 10.9. The van der Waals surface area contributed by atoms with E-state index in [1.165, 1.54) is 6.07 Å². The lowest BCUT2D eigenvalue weighted by Crippen LogP contribution is -1.95. The molecule has 20 heavy (non-hydrogen) atoms. The Morgan fingerprint density at radius 1 is 1.25 bits per heavy atom. The summed E-state index contributed by atoms with van der Waals surface area (Å²) < 4.78 is 0.673. The number of nitro benzene ring substituents is 1. The molecule has 0 spiro atoms. The topological polar surface area (TPSA) is 79.0 Å². The van der Waals surface area contributed by atoms with Gasteiger partial charge in [0.1, 0.15) is 6.07 Å². The van der Waals surface area contributed by atoms with Gasteiger partial charge in [-0.15, -0.1) is 0 Å². The van der Waals surface area contributed by atoms with Crippen molar-refractivity contribution in [3.05, 3.63) is 62.1 Å². The zero-order valence-corrected chi connectivity index (χ0v) is 12.1. The van der Waals surface area contributed by atoms with Gasteiger partial charge in [0.2, 0.25) is 0 Å². The van der Waals surface area contributed by atoms with Gasteiger partial charge in [-0.2, -0.15) is 5.26 Å². The van der Waals surface area contributed by atoms with Crippen molar-refractivity contribution in [3.63, 3.8) is 0 Å². The lowest BCUT2D eigenvalue weighted by Gasteiger charge is -2.08. The number of rotatable bonds is 3. The molecule has 0 radical (unpaired) electrons. The summed E-state index contributed by atoms with van der Waals surface area (Å²) in [6, 6.07) is 12.2. The highest BCUT2D eigenvalue weighted by Crippen LogP contribution is 2.27. The molecule has 2 aromatic rings. The molecule has 0 aromatic heterocycles. The number of nitro groups is 1. The number of nitrogens with zero attached hydrogens (tertiary/aromatic N) is 2. The van der Waals surface area contributed by atoms with Gasteiger partial charge >= 0.3 is 0 Å². The highest BCUT2D eigenvalue weighted by atomic mass is 79.9. The van der Waals surface area contributed by atoms with Gasteiger partial charge in [-0.25, -0.2) is 0 Å². The van der Waals surface area contributed by atoms with Crippen LogP contribution in [0.15, 0.2) is 40.9 Å². The van der Waals surface area contributed by atoms with Crippen molar-refractivity contribution in [2.24, 2.45) is 0 Å². The molecule has 0 saturated heterocycles. The maximum Gasteiger partial charge on any atom is 0.274 e. The number of halogens is 1. The Balaban J connectivity index is 2.31. The highest BCUT2D eigenvalue weighted by Gasteiger charge is 2.11. The van der Waals surface area contributed by atoms with Crippen LogP contribution in [0.3, 0.4) is 0 Å². The van der Waals surface area contributed by atoms with Crippen LogP contribution in [-0.2, 0) is 0 Å². The molecule has 2 aromatic carbocycles. The van der Waals surface area contributed by atoms with Crippen molar-refractivity contribution >= 4 is 33.0 Å². The Bertz CT molecular complexity index is 723. The fraction of sp³-hybridized carbons (Fsp3) is 0.0714. The molecule has 0 atom stereocenters. The Hall–Kier alpha value is -2.39. The summed E-state index contributed by atoms with van der Waals surface area (Å²) in [4.78, 5) is 10.5. The van der Waals surface area contributed by atoms with E-state index >= 15 is 0 Å². The summed E-state index contributed by atoms with van der Waals surface area (Å²) in [5, 5.41) is 22.8. The first-order valence-corrected chi connectivity index (χ1v) is 6.52. The molecule has 0 aliphatic rings. The van der Waals surface area contributed by atoms with Gasteiger partial charge in [0.15, 0.2) is 0 Å². The zero-order valence-electron chi connectivity index (χ0n) is 10.6. The average Bonchev–Trinajstić information content (AvgIpc) is 2.41. The van der Waals surface area contributed by atoms with Crippen LogP contribution >= 0.6 is 15.9 Å². The van der Waals surface area contributed by atoms with Crippen LogP contribution in [0.25, 0.3) is 0 Å². The molecular weight excluding hydrogens is 322 g/mol. The third kappa shape index (κ3) is 2.95. The molecule has 0 unspecified atom stereocenters. The van der Waals surface area contributed by atoms with E-state index in [0.29, 0.717) is 21.3 Å². The monoisotopic (exact) mass is 331 g/mol. The molecule has 5 nitrogen and oxygen atoms in total. The Labute approximate surface area is 124 Å². The van der Waals surface area contributed by atoms with Gasteiger partial charge in [0.05, 0.1) is 10.5 Å². The Morgan fingerprint density at radius 2 is 1.90 bits per heavy atom. The number of aryl methyl sites for hydroxylation is 1. The molecule has 0 amide bonds. The van der Waals surface area contributed by atoms with Gasteiger partial charge < -0.3 is 5.32 Å². The predicted molar refractivity (Wildman–Crippen MR) is 80.0 cm³/mol. The van der Waals surface area contributed by atoms with Crippen LogP contribution in [0, 0.1) is 28.4 Å². The predicted octanol–water partition coefficient (Wildman–Crippen LogP) is 4.28. The Kier molecular flexibility index (Phi) is 4.01. The van der Waals surface area contributed by atoms with Crippen LogP contribution in [0.1, 0.15) is 11.1 Å². The van der Waals surface area contributed by atoms with Gasteiger partial charge in [-0.3, -0.25) is 10.1 Å². The third-order valence-electron chi connectivity index (χ3n) is 2.78. The first-order valence-electron chi connectivity index (χ1n) is 5.73. The van der Waals surface area contributed by atoms with E-state index in [9.17, 15) is 10.1 Å². The lowest BCUT2D eigenvalue weighted by atomic mass is 10.1. The van der Waals surface area contributed by atoms with Crippen LogP contribution in [0.5, 0.6) is 0 Å². The van der Waals surface area contributed by atoms with Gasteiger partial charge in [-0.1, -0.05) is 6.07 Å². The summed E-state index contributed by atoms with van der Waals surface area (Å²) in [6.07, 6.45) is 0. The molecular formula is C14H10BrN3O2. The van der Waals surface area contributed by atoms with Gasteiger partial charge in [0.25, 0.3) is 5.69 Å². The van der Waals surface area contributed by atoms with Crippen molar-refractivity contribution < 1.29 is 4.92 Å². The van der Waals surface area contributed by atoms with E-state index in [1.54, 1.807) is 37.3 Å². The number of nitriles is 1. The molecule has 6 heteroatoms. The minimum atomic E-state index is -0.408. The van der Waals surface area contributed by atoms with E-state index in [2.05, 4.69) is 27.3 Å². The summed E-state index contributed by atoms with van der Waals surface area (Å²) in [5.74, 6) is 0. The van der Waals surface area contributed by atoms with Crippen molar-refractivity contribution in [2.45, 2.75) is 6.92 Å². The molecule has 2 rings (SSSR count). The van der Waals surface area contributed by atoms with Crippen molar-refractivity contribution in [2.75, 3.05) is 5.32 Å². The van der Waals surface area contributed by atoms with Gasteiger partial charge in [0, 0.05) is 27.5 Å². The molecule has 0 fully saturated rings. The first-order chi connectivity index (χ1) is 9.51. The standard InChI is InChI=1S/C14H10BrN3O2/c1-9-2-4-12(7-14(9)18(19)20)17-11-5-3-10(8-16)13(15)6-11/h2-7,17H,1H3. The normalized spacial score (nSPS) is 9.85. The summed E-state index contributed by atoms with van der Waals surface area (Å²) >= 11 is 3.30. The smallest absolute Gasteiger partial charge is 0.274 e. The first kappa shape index (κ1) is 14.0. The van der Waals surface area contributed by atoms with E-state index in [1.807, 2.05) is 0 Å². The molecule has 1 N–H and O–H groups in total. The van der Waals surface area contributed by atoms with Crippen molar-refractivity contribution in [3.8, 4) is 6.07 Å². The summed E-state index contributed by atoms with van der Waals surface area (Å²) in [5.41, 5.74) is 2.59. The molecule has 0 heterocycles. The van der Waals surface area contributed by atoms with Crippen LogP contribution in [0.4, 0.5) is 17.1 Å². The molecule has 0 bridgehead atoms. The number of hydrogen-bond acceptors (Lipinski definition) is 4. The van der Waals surface area contributed by atoms with E-state index in [0.717, 1.165) is 5.69 Å². The molecule has 0 aliphatic carbocycles. The zero-order chi connectivity index (χ0) is 14.7. The maximum atomic E-state index is 10.9. The summed E-state index contributed by atoms with van der Waals surface area (Å²) in [6.45, 7) is 1.69. The molecule has 0 saturated carbocycles. The lowest BCUT2D eigenvalue weighted by molar-refractivity contribution is -0.385.